The van der Waals surface area contributed by atoms with Crippen molar-refractivity contribution < 1.29 is 44.5 Å². The molecule has 8 rings (SSSR count). The summed E-state index contributed by atoms with van der Waals surface area (Å²) in [6, 6.07) is 0. The van der Waals surface area contributed by atoms with E-state index in [1.54, 1.807) is 0 Å². The number of fused-ring (bicyclic) bond motifs is 4. The van der Waals surface area contributed by atoms with Crippen LogP contribution in [0.4, 0.5) is 0 Å². The molecule has 9 nitrogen and oxygen atoms in total. The predicted octanol–water partition coefficient (Wildman–Crippen LogP) is 3.12. The van der Waals surface area contributed by atoms with Gasteiger partial charge in [-0.05, 0) is 104 Å². The first-order valence-corrected chi connectivity index (χ1v) is 17.4. The van der Waals surface area contributed by atoms with Crippen LogP contribution in [0, 0.1) is 50.7 Å². The van der Waals surface area contributed by atoms with E-state index in [9.17, 15) is 25.5 Å². The SMILES string of the molecule is C[C@@H]1C[C@H]2O[C@]3(C[C@@]4(C)[C@H]5[C@@H](O)C[C@H]6C(C)(C)[C@@H](O[C@H]7OC[C@@H](O)[C@@H](O)[C@H]7O)CC[C@@]67C[C@@]57CC[C@]4(C)[C@@H]13)O[C@@H]2C(C)(C)O. The van der Waals surface area contributed by atoms with Gasteiger partial charge in [-0.3, -0.25) is 0 Å². The number of ether oxygens (including phenoxy) is 4. The highest BCUT2D eigenvalue weighted by atomic mass is 16.8. The van der Waals surface area contributed by atoms with Crippen LogP contribution in [0.3, 0.4) is 0 Å². The average Bonchev–Trinajstić information content (AvgIpc) is 3.38. The molecule has 0 aromatic heterocycles. The number of aliphatic hydroxyl groups excluding tert-OH is 4. The lowest BCUT2D eigenvalue weighted by Gasteiger charge is -2.64. The largest absolute Gasteiger partial charge is 0.393 e. The zero-order valence-electron chi connectivity index (χ0n) is 27.7. The van der Waals surface area contributed by atoms with Crippen LogP contribution in [0.5, 0.6) is 0 Å². The molecule has 8 fully saturated rings. The van der Waals surface area contributed by atoms with Gasteiger partial charge in [0.05, 0.1) is 30.5 Å². The maximum absolute atomic E-state index is 12.4. The Bertz CT molecular complexity index is 1200. The van der Waals surface area contributed by atoms with Crippen molar-refractivity contribution in [3.63, 3.8) is 0 Å². The maximum atomic E-state index is 12.4. The molecule has 0 radical (unpaired) electrons. The molecule has 3 spiro atoms. The minimum atomic E-state index is -1.31. The van der Waals surface area contributed by atoms with Crippen LogP contribution in [0.15, 0.2) is 0 Å². The first kappa shape index (κ1) is 30.9. The molecular formula is C35H56O9. The standard InChI is InChI=1S/C35H56O9/c1-17-12-20-27(30(4,5)40)44-35(43-20)15-32(7)26-18(36)13-21-29(2,3)22(42-28-24(39)23(38)19(37)14-41-28)8-9-33(21)16-34(26,33)11-10-31(32,6)25(17)35/h17-28,36-40H,8-16H2,1-7H3/t17-,18+,19-,20-,21+,22+,23-,24-,25-,26-,27+,28-,31-,32+,33-,34+,35-/m1/s1. The van der Waals surface area contributed by atoms with Crippen LogP contribution in [-0.4, -0.2) is 92.5 Å². The summed E-state index contributed by atoms with van der Waals surface area (Å²) in [7, 11) is 0. The summed E-state index contributed by atoms with van der Waals surface area (Å²) < 4.78 is 25.9. The summed E-state index contributed by atoms with van der Waals surface area (Å²) in [6.07, 6.45) is 1.70. The lowest BCUT2D eigenvalue weighted by Crippen LogP contribution is -2.63. The van der Waals surface area contributed by atoms with Gasteiger partial charge in [-0.25, -0.2) is 0 Å². The third kappa shape index (κ3) is 3.53. The third-order valence-corrected chi connectivity index (χ3v) is 15.7. The molecule has 2 bridgehead atoms. The molecule has 3 aliphatic heterocycles. The first-order chi connectivity index (χ1) is 20.4. The van der Waals surface area contributed by atoms with Crippen molar-refractivity contribution >= 4 is 0 Å². The molecule has 44 heavy (non-hydrogen) atoms. The van der Waals surface area contributed by atoms with Gasteiger partial charge in [-0.1, -0.05) is 34.6 Å². The van der Waals surface area contributed by atoms with E-state index in [0.29, 0.717) is 12.3 Å². The zero-order valence-corrected chi connectivity index (χ0v) is 27.7. The van der Waals surface area contributed by atoms with Crippen LogP contribution in [0.2, 0.25) is 0 Å². The lowest BCUT2D eigenvalue weighted by molar-refractivity contribution is -0.304. The topological polar surface area (TPSA) is 138 Å². The fourth-order valence-electron chi connectivity index (χ4n) is 14.0. The van der Waals surface area contributed by atoms with Gasteiger partial charge < -0.3 is 44.5 Å². The smallest absolute Gasteiger partial charge is 0.186 e. The number of aliphatic hydroxyl groups is 5. The molecular weight excluding hydrogens is 564 g/mol. The van der Waals surface area contributed by atoms with E-state index < -0.39 is 42.1 Å². The van der Waals surface area contributed by atoms with Crippen molar-refractivity contribution in [2.75, 3.05) is 6.61 Å². The van der Waals surface area contributed by atoms with Gasteiger partial charge in [0, 0.05) is 12.3 Å². The normalized spacial score (nSPS) is 62.2. The molecule has 8 aliphatic rings. The molecule has 17 atom stereocenters. The highest BCUT2D eigenvalue weighted by molar-refractivity contribution is 5.34. The van der Waals surface area contributed by atoms with Gasteiger partial charge in [-0.15, -0.1) is 0 Å². The summed E-state index contributed by atoms with van der Waals surface area (Å²) in [6.45, 7) is 15.4. The second-order valence-corrected chi connectivity index (χ2v) is 18.4. The molecule has 0 amide bonds. The fourth-order valence-corrected chi connectivity index (χ4v) is 14.0. The highest BCUT2D eigenvalue weighted by Crippen LogP contribution is 2.90. The molecule has 0 unspecified atom stereocenters. The molecule has 250 valence electrons. The molecule has 5 saturated carbocycles. The van der Waals surface area contributed by atoms with Crippen LogP contribution in [-0.2, 0) is 18.9 Å². The Morgan fingerprint density at radius 1 is 0.795 bits per heavy atom. The fraction of sp³-hybridized carbons (Fsp3) is 1.00. The van der Waals surface area contributed by atoms with E-state index >= 15 is 0 Å². The predicted molar refractivity (Wildman–Crippen MR) is 159 cm³/mol. The minimum absolute atomic E-state index is 0.0465. The van der Waals surface area contributed by atoms with Crippen molar-refractivity contribution in [1.82, 2.24) is 0 Å². The number of hydrogen-bond donors (Lipinski definition) is 5. The zero-order chi connectivity index (χ0) is 31.6. The minimum Gasteiger partial charge on any atom is -0.393 e. The summed E-state index contributed by atoms with van der Waals surface area (Å²) in [4.78, 5) is 0. The third-order valence-electron chi connectivity index (χ3n) is 15.7. The van der Waals surface area contributed by atoms with Crippen LogP contribution >= 0.6 is 0 Å². The Kier molecular flexibility index (Phi) is 6.33. The Morgan fingerprint density at radius 3 is 2.23 bits per heavy atom. The molecule has 0 aromatic rings. The Labute approximate surface area is 262 Å². The van der Waals surface area contributed by atoms with E-state index in [1.165, 1.54) is 0 Å². The summed E-state index contributed by atoms with van der Waals surface area (Å²) >= 11 is 0. The molecule has 5 aliphatic carbocycles. The summed E-state index contributed by atoms with van der Waals surface area (Å²) in [5.41, 5.74) is -1.28. The molecule has 3 saturated heterocycles. The van der Waals surface area contributed by atoms with Crippen LogP contribution in [0.1, 0.15) is 99.8 Å². The number of hydrogen-bond acceptors (Lipinski definition) is 9. The van der Waals surface area contributed by atoms with Gasteiger partial charge in [-0.2, -0.15) is 0 Å². The quantitative estimate of drug-likeness (QED) is 0.301. The van der Waals surface area contributed by atoms with E-state index in [1.807, 2.05) is 13.8 Å². The van der Waals surface area contributed by atoms with Gasteiger partial charge in [0.15, 0.2) is 12.1 Å². The van der Waals surface area contributed by atoms with Gasteiger partial charge in [0.2, 0.25) is 0 Å². The average molecular weight is 621 g/mol. The highest BCUT2D eigenvalue weighted by Gasteiger charge is 2.87. The second kappa shape index (κ2) is 9.00. The van der Waals surface area contributed by atoms with Crippen molar-refractivity contribution in [2.45, 2.75) is 160 Å². The summed E-state index contributed by atoms with van der Waals surface area (Å²) in [5, 5.41) is 54.2. The van der Waals surface area contributed by atoms with E-state index in [0.717, 1.165) is 44.9 Å². The summed E-state index contributed by atoms with van der Waals surface area (Å²) in [5.74, 6) is 0.319. The lowest BCUT2D eigenvalue weighted by atomic mass is 9.41. The monoisotopic (exact) mass is 620 g/mol. The Hall–Kier alpha value is -0.360. The van der Waals surface area contributed by atoms with Gasteiger partial charge in [0.1, 0.15) is 24.4 Å². The second-order valence-electron chi connectivity index (χ2n) is 18.4. The van der Waals surface area contributed by atoms with Gasteiger partial charge in [0.25, 0.3) is 0 Å². The Morgan fingerprint density at radius 2 is 1.52 bits per heavy atom. The van der Waals surface area contributed by atoms with Crippen LogP contribution in [0.25, 0.3) is 0 Å². The maximum Gasteiger partial charge on any atom is 0.186 e. The first-order valence-electron chi connectivity index (χ1n) is 17.4. The Balaban J connectivity index is 1.10. The number of rotatable bonds is 3. The molecule has 9 heteroatoms. The van der Waals surface area contributed by atoms with Crippen LogP contribution < -0.4 is 0 Å². The van der Waals surface area contributed by atoms with E-state index in [2.05, 4.69) is 34.6 Å². The molecule has 3 heterocycles. The van der Waals surface area contributed by atoms with E-state index in [-0.39, 0.29) is 69.7 Å². The van der Waals surface area contributed by atoms with E-state index in [4.69, 9.17) is 18.9 Å². The van der Waals surface area contributed by atoms with Gasteiger partial charge >= 0.3 is 0 Å². The molecule has 0 aromatic carbocycles. The van der Waals surface area contributed by atoms with Crippen molar-refractivity contribution in [2.24, 2.45) is 50.7 Å². The van der Waals surface area contributed by atoms with Crippen molar-refractivity contribution in [3.05, 3.63) is 0 Å². The van der Waals surface area contributed by atoms with Crippen molar-refractivity contribution in [3.8, 4) is 0 Å². The molecule has 5 N–H and O–H groups in total. The van der Waals surface area contributed by atoms with Crippen molar-refractivity contribution in [1.29, 1.82) is 0 Å².